The van der Waals surface area contributed by atoms with E-state index in [4.69, 9.17) is 0 Å². The van der Waals surface area contributed by atoms with Crippen LogP contribution in [-0.4, -0.2) is 26.0 Å². The smallest absolute Gasteiger partial charge is 0.330 e. The van der Waals surface area contributed by atoms with Crippen molar-refractivity contribution in [2.45, 2.75) is 26.4 Å². The first-order valence-corrected chi connectivity index (χ1v) is 8.10. The van der Waals surface area contributed by atoms with E-state index in [0.717, 1.165) is 10.1 Å². The van der Waals surface area contributed by atoms with Gasteiger partial charge in [-0.05, 0) is 25.5 Å². The lowest BCUT2D eigenvalue weighted by atomic mass is 10.2. The van der Waals surface area contributed by atoms with Gasteiger partial charge in [-0.25, -0.2) is 4.79 Å². The number of hydrogen-bond donors (Lipinski definition) is 0. The Morgan fingerprint density at radius 3 is 2.40 bits per heavy atom. The largest absolute Gasteiger partial charge is 0.332 e. The SMILES string of the molecule is CC(C)N(Cc1ccccc1)C(=O)/C=C/c1cn(C)c(=O)n(C)c1=O. The van der Waals surface area contributed by atoms with Crippen LogP contribution in [-0.2, 0) is 25.4 Å². The Morgan fingerprint density at radius 2 is 1.80 bits per heavy atom. The van der Waals surface area contributed by atoms with Crippen molar-refractivity contribution >= 4 is 12.0 Å². The first-order valence-electron chi connectivity index (χ1n) is 8.10. The number of carbonyl (C=O) groups is 1. The molecule has 132 valence electrons. The summed E-state index contributed by atoms with van der Waals surface area (Å²) < 4.78 is 2.34. The summed E-state index contributed by atoms with van der Waals surface area (Å²) in [5, 5.41) is 0. The van der Waals surface area contributed by atoms with E-state index >= 15 is 0 Å². The average Bonchev–Trinajstić information content (AvgIpc) is 2.60. The van der Waals surface area contributed by atoms with Crippen LogP contribution < -0.4 is 11.2 Å². The fourth-order valence-corrected chi connectivity index (χ4v) is 2.50. The molecule has 0 bridgehead atoms. The number of benzene rings is 1. The number of rotatable bonds is 5. The molecule has 0 atom stereocenters. The van der Waals surface area contributed by atoms with Gasteiger partial charge in [-0.3, -0.25) is 14.2 Å². The fraction of sp³-hybridized carbons (Fsp3) is 0.316. The maximum absolute atomic E-state index is 12.6. The van der Waals surface area contributed by atoms with Gasteiger partial charge < -0.3 is 9.47 Å². The van der Waals surface area contributed by atoms with E-state index in [-0.39, 0.29) is 11.9 Å². The molecule has 0 saturated carbocycles. The van der Waals surface area contributed by atoms with Crippen LogP contribution in [0.25, 0.3) is 6.08 Å². The van der Waals surface area contributed by atoms with Gasteiger partial charge in [-0.2, -0.15) is 0 Å². The summed E-state index contributed by atoms with van der Waals surface area (Å²) in [5.41, 5.74) is 0.505. The first kappa shape index (κ1) is 18.4. The van der Waals surface area contributed by atoms with Crippen LogP contribution in [0.15, 0.2) is 52.2 Å². The van der Waals surface area contributed by atoms with Gasteiger partial charge in [0.2, 0.25) is 5.91 Å². The predicted octanol–water partition coefficient (Wildman–Crippen LogP) is 1.53. The summed E-state index contributed by atoms with van der Waals surface area (Å²) in [4.78, 5) is 38.1. The summed E-state index contributed by atoms with van der Waals surface area (Å²) in [6.45, 7) is 4.38. The van der Waals surface area contributed by atoms with Crippen molar-refractivity contribution in [3.8, 4) is 0 Å². The lowest BCUT2D eigenvalue weighted by Gasteiger charge is -2.25. The summed E-state index contributed by atoms with van der Waals surface area (Å²) in [6, 6.07) is 9.75. The minimum Gasteiger partial charge on any atom is -0.332 e. The molecular formula is C19H23N3O3. The first-order chi connectivity index (χ1) is 11.8. The van der Waals surface area contributed by atoms with E-state index in [9.17, 15) is 14.4 Å². The molecule has 1 aromatic heterocycles. The molecule has 0 N–H and O–H groups in total. The topological polar surface area (TPSA) is 64.3 Å². The van der Waals surface area contributed by atoms with E-state index in [1.54, 1.807) is 11.9 Å². The van der Waals surface area contributed by atoms with Gasteiger partial charge in [-0.1, -0.05) is 30.3 Å². The van der Waals surface area contributed by atoms with E-state index in [1.165, 1.54) is 30.0 Å². The predicted molar refractivity (Wildman–Crippen MR) is 98.1 cm³/mol. The third kappa shape index (κ3) is 4.35. The Morgan fingerprint density at radius 1 is 1.16 bits per heavy atom. The summed E-state index contributed by atoms with van der Waals surface area (Å²) in [6.07, 6.45) is 4.28. The van der Waals surface area contributed by atoms with E-state index in [2.05, 4.69) is 0 Å². The molecule has 1 amide bonds. The highest BCUT2D eigenvalue weighted by Gasteiger charge is 2.15. The normalized spacial score (nSPS) is 11.2. The minimum absolute atomic E-state index is 0.0142. The second-order valence-electron chi connectivity index (χ2n) is 6.22. The minimum atomic E-state index is -0.425. The molecule has 2 aromatic rings. The van der Waals surface area contributed by atoms with Gasteiger partial charge in [0.05, 0.1) is 5.56 Å². The van der Waals surface area contributed by atoms with Crippen molar-refractivity contribution < 1.29 is 4.79 Å². The lowest BCUT2D eigenvalue weighted by Crippen LogP contribution is -2.38. The maximum atomic E-state index is 12.6. The molecule has 0 aliphatic rings. The van der Waals surface area contributed by atoms with Gasteiger partial charge >= 0.3 is 5.69 Å². The zero-order valence-electron chi connectivity index (χ0n) is 15.0. The number of carbonyl (C=O) groups excluding carboxylic acids is 1. The maximum Gasteiger partial charge on any atom is 0.330 e. The Balaban J connectivity index is 2.26. The van der Waals surface area contributed by atoms with Crippen LogP contribution in [0.5, 0.6) is 0 Å². The standard InChI is InChI=1S/C19H23N3O3/c1-14(2)22(12-15-8-6-5-7-9-15)17(23)11-10-16-13-20(3)19(25)21(4)18(16)24/h5-11,13-14H,12H2,1-4H3/b11-10+. The second-order valence-corrected chi connectivity index (χ2v) is 6.22. The number of nitrogens with zero attached hydrogens (tertiary/aromatic N) is 3. The molecule has 0 aliphatic heterocycles. The van der Waals surface area contributed by atoms with Crippen molar-refractivity contribution in [3.05, 3.63) is 74.6 Å². The Kier molecular flexibility index (Phi) is 5.75. The molecule has 0 fully saturated rings. The number of aryl methyl sites for hydroxylation is 1. The molecule has 0 unspecified atom stereocenters. The van der Waals surface area contributed by atoms with E-state index < -0.39 is 11.2 Å². The number of hydrogen-bond acceptors (Lipinski definition) is 3. The molecule has 1 heterocycles. The van der Waals surface area contributed by atoms with Crippen molar-refractivity contribution in [2.75, 3.05) is 0 Å². The highest BCUT2D eigenvalue weighted by atomic mass is 16.2. The van der Waals surface area contributed by atoms with Gasteiger partial charge in [0.25, 0.3) is 5.56 Å². The highest BCUT2D eigenvalue weighted by Crippen LogP contribution is 2.09. The molecule has 6 heteroatoms. The van der Waals surface area contributed by atoms with Crippen LogP contribution in [0.1, 0.15) is 25.0 Å². The molecule has 25 heavy (non-hydrogen) atoms. The molecule has 0 spiro atoms. The van der Waals surface area contributed by atoms with Crippen molar-refractivity contribution in [1.29, 1.82) is 0 Å². The Bertz CT molecular complexity index is 892. The molecule has 1 aromatic carbocycles. The van der Waals surface area contributed by atoms with Gasteiger partial charge in [-0.15, -0.1) is 0 Å². The van der Waals surface area contributed by atoms with Crippen LogP contribution in [0.4, 0.5) is 0 Å². The van der Waals surface area contributed by atoms with Gasteiger partial charge in [0.1, 0.15) is 0 Å². The monoisotopic (exact) mass is 341 g/mol. The molecule has 0 saturated heterocycles. The summed E-state index contributed by atoms with van der Waals surface area (Å²) in [7, 11) is 2.98. The zero-order valence-corrected chi connectivity index (χ0v) is 15.0. The summed E-state index contributed by atoms with van der Waals surface area (Å²) in [5.74, 6) is -0.185. The van der Waals surface area contributed by atoms with Crippen LogP contribution in [0, 0.1) is 0 Å². The van der Waals surface area contributed by atoms with Crippen LogP contribution >= 0.6 is 0 Å². The van der Waals surface area contributed by atoms with Crippen molar-refractivity contribution in [1.82, 2.24) is 14.0 Å². The Hall–Kier alpha value is -2.89. The molecule has 6 nitrogen and oxygen atoms in total. The van der Waals surface area contributed by atoms with Crippen LogP contribution in [0.2, 0.25) is 0 Å². The van der Waals surface area contributed by atoms with Gasteiger partial charge in [0, 0.05) is 39.0 Å². The van der Waals surface area contributed by atoms with Crippen molar-refractivity contribution in [2.24, 2.45) is 14.1 Å². The van der Waals surface area contributed by atoms with E-state index in [0.29, 0.717) is 12.1 Å². The van der Waals surface area contributed by atoms with E-state index in [1.807, 2.05) is 44.2 Å². The fourth-order valence-electron chi connectivity index (χ4n) is 2.50. The van der Waals surface area contributed by atoms with Gasteiger partial charge in [0.15, 0.2) is 0 Å². The molecule has 0 radical (unpaired) electrons. The average molecular weight is 341 g/mol. The lowest BCUT2D eigenvalue weighted by molar-refractivity contribution is -0.128. The third-order valence-electron chi connectivity index (χ3n) is 3.98. The summed E-state index contributed by atoms with van der Waals surface area (Å²) >= 11 is 0. The quantitative estimate of drug-likeness (QED) is 0.775. The molecular weight excluding hydrogens is 318 g/mol. The molecule has 2 rings (SSSR count). The second kappa shape index (κ2) is 7.79. The van der Waals surface area contributed by atoms with Crippen LogP contribution in [0.3, 0.4) is 0 Å². The highest BCUT2D eigenvalue weighted by molar-refractivity contribution is 5.91. The third-order valence-corrected chi connectivity index (χ3v) is 3.98. The number of amides is 1. The van der Waals surface area contributed by atoms with Crippen molar-refractivity contribution in [3.63, 3.8) is 0 Å². The number of aromatic nitrogens is 2. The Labute approximate surface area is 146 Å². The molecule has 0 aliphatic carbocycles. The zero-order chi connectivity index (χ0) is 18.6.